The van der Waals surface area contributed by atoms with E-state index in [2.05, 4.69) is 38.2 Å². The standard InChI is InChI=1S/C42H78O5/c1-3-5-7-9-11-13-15-17-19-20-21-22-23-25-27-29-31-33-35-37-42(45)47-40(38-43)39-46-41(44)36-34-32-30-28-26-24-18-16-14-12-10-8-6-4-2/h10,12,16,18,40,43H,3-9,11,13-15,17,19-39H2,1-2H3/b12-10-,18-16-/t40-/m0/s1. The van der Waals surface area contributed by atoms with Gasteiger partial charge in [-0.05, 0) is 38.5 Å². The molecule has 0 spiro atoms. The van der Waals surface area contributed by atoms with Crippen LogP contribution >= 0.6 is 0 Å². The topological polar surface area (TPSA) is 72.8 Å². The lowest BCUT2D eigenvalue weighted by Crippen LogP contribution is -2.28. The van der Waals surface area contributed by atoms with E-state index >= 15 is 0 Å². The van der Waals surface area contributed by atoms with E-state index in [4.69, 9.17) is 9.47 Å². The zero-order chi connectivity index (χ0) is 34.3. The fraction of sp³-hybridized carbons (Fsp3) is 0.857. The molecule has 0 bridgehead atoms. The molecule has 5 nitrogen and oxygen atoms in total. The van der Waals surface area contributed by atoms with Gasteiger partial charge in [0.1, 0.15) is 6.61 Å². The number of ether oxygens (including phenoxy) is 2. The maximum absolute atomic E-state index is 12.2. The van der Waals surface area contributed by atoms with Crippen LogP contribution in [0.2, 0.25) is 0 Å². The first-order chi connectivity index (χ1) is 23.1. The molecule has 0 saturated heterocycles. The molecule has 0 unspecified atom stereocenters. The first-order valence-corrected chi connectivity index (χ1v) is 20.4. The summed E-state index contributed by atoms with van der Waals surface area (Å²) >= 11 is 0. The third-order valence-corrected chi connectivity index (χ3v) is 9.00. The fourth-order valence-electron chi connectivity index (χ4n) is 5.87. The van der Waals surface area contributed by atoms with Gasteiger partial charge in [-0.2, -0.15) is 0 Å². The molecule has 0 aliphatic heterocycles. The van der Waals surface area contributed by atoms with Gasteiger partial charge in [-0.15, -0.1) is 0 Å². The molecule has 5 heteroatoms. The van der Waals surface area contributed by atoms with E-state index in [9.17, 15) is 14.7 Å². The van der Waals surface area contributed by atoms with Crippen LogP contribution in [0.5, 0.6) is 0 Å². The Bertz CT molecular complexity index is 716. The number of carbonyl (C=O) groups is 2. The van der Waals surface area contributed by atoms with Crippen molar-refractivity contribution in [3.05, 3.63) is 24.3 Å². The van der Waals surface area contributed by atoms with Gasteiger partial charge in [0.15, 0.2) is 6.10 Å². The lowest BCUT2D eigenvalue weighted by Gasteiger charge is -2.15. The highest BCUT2D eigenvalue weighted by Gasteiger charge is 2.16. The number of hydrogen-bond acceptors (Lipinski definition) is 5. The maximum Gasteiger partial charge on any atom is 0.306 e. The number of hydrogen-bond donors (Lipinski definition) is 1. The summed E-state index contributed by atoms with van der Waals surface area (Å²) in [6, 6.07) is 0. The van der Waals surface area contributed by atoms with Crippen molar-refractivity contribution in [2.24, 2.45) is 0 Å². The highest BCUT2D eigenvalue weighted by Crippen LogP contribution is 2.15. The highest BCUT2D eigenvalue weighted by molar-refractivity contribution is 5.70. The van der Waals surface area contributed by atoms with Gasteiger partial charge < -0.3 is 14.6 Å². The number of allylic oxidation sites excluding steroid dienone is 4. The highest BCUT2D eigenvalue weighted by atomic mass is 16.6. The van der Waals surface area contributed by atoms with Crippen molar-refractivity contribution < 1.29 is 24.2 Å². The Kier molecular flexibility index (Phi) is 37.5. The number of aliphatic hydroxyl groups excluding tert-OH is 1. The zero-order valence-corrected chi connectivity index (χ0v) is 31.3. The number of carbonyl (C=O) groups excluding carboxylic acids is 2. The molecule has 0 rings (SSSR count). The summed E-state index contributed by atoms with van der Waals surface area (Å²) in [5.74, 6) is -0.599. The van der Waals surface area contributed by atoms with Crippen molar-refractivity contribution in [2.45, 2.75) is 219 Å². The molecule has 0 aromatic heterocycles. The number of aliphatic hydroxyl groups is 1. The van der Waals surface area contributed by atoms with E-state index in [1.807, 2.05) is 0 Å². The Morgan fingerprint density at radius 1 is 0.489 bits per heavy atom. The maximum atomic E-state index is 12.2. The van der Waals surface area contributed by atoms with Crippen LogP contribution in [0, 0.1) is 0 Å². The van der Waals surface area contributed by atoms with Gasteiger partial charge in [-0.3, -0.25) is 9.59 Å². The molecule has 0 aromatic rings. The fourth-order valence-corrected chi connectivity index (χ4v) is 5.87. The number of unbranched alkanes of at least 4 members (excludes halogenated alkanes) is 25. The Labute approximate surface area is 292 Å². The molecule has 0 aliphatic carbocycles. The minimum atomic E-state index is -0.772. The van der Waals surface area contributed by atoms with Crippen LogP contribution < -0.4 is 0 Å². The van der Waals surface area contributed by atoms with Crippen molar-refractivity contribution in [2.75, 3.05) is 13.2 Å². The summed E-state index contributed by atoms with van der Waals surface area (Å²) in [6.45, 7) is 4.10. The van der Waals surface area contributed by atoms with Crippen molar-refractivity contribution in [3.8, 4) is 0 Å². The smallest absolute Gasteiger partial charge is 0.306 e. The Balaban J connectivity index is 3.52. The second kappa shape index (κ2) is 38.8. The minimum absolute atomic E-state index is 0.0691. The minimum Gasteiger partial charge on any atom is -0.462 e. The van der Waals surface area contributed by atoms with Gasteiger partial charge in [0.05, 0.1) is 6.61 Å². The van der Waals surface area contributed by atoms with E-state index in [-0.39, 0.29) is 25.2 Å². The third-order valence-electron chi connectivity index (χ3n) is 9.00. The van der Waals surface area contributed by atoms with Crippen LogP contribution in [0.15, 0.2) is 24.3 Å². The molecule has 47 heavy (non-hydrogen) atoms. The monoisotopic (exact) mass is 663 g/mol. The van der Waals surface area contributed by atoms with Crippen LogP contribution in [0.25, 0.3) is 0 Å². The molecule has 0 fully saturated rings. The normalized spacial score (nSPS) is 12.3. The van der Waals surface area contributed by atoms with Crippen LogP contribution in [-0.4, -0.2) is 36.4 Å². The molecular formula is C42H78O5. The summed E-state index contributed by atoms with van der Waals surface area (Å²) in [4.78, 5) is 24.2. The van der Waals surface area contributed by atoms with Crippen molar-refractivity contribution in [1.29, 1.82) is 0 Å². The Hall–Kier alpha value is -1.62. The van der Waals surface area contributed by atoms with Gasteiger partial charge in [0.2, 0.25) is 0 Å². The van der Waals surface area contributed by atoms with Gasteiger partial charge >= 0.3 is 11.9 Å². The molecule has 0 heterocycles. The summed E-state index contributed by atoms with van der Waals surface area (Å²) < 4.78 is 10.6. The van der Waals surface area contributed by atoms with E-state index in [0.29, 0.717) is 12.8 Å². The molecule has 0 aromatic carbocycles. The summed E-state index contributed by atoms with van der Waals surface area (Å²) in [5, 5.41) is 9.55. The molecular weight excluding hydrogens is 584 g/mol. The van der Waals surface area contributed by atoms with Crippen LogP contribution in [0.3, 0.4) is 0 Å². The Morgan fingerprint density at radius 2 is 0.872 bits per heavy atom. The second-order valence-corrected chi connectivity index (χ2v) is 13.7. The summed E-state index contributed by atoms with van der Waals surface area (Å²) in [6.07, 6.45) is 45.3. The lowest BCUT2D eigenvalue weighted by atomic mass is 10.0. The molecule has 0 aliphatic rings. The summed E-state index contributed by atoms with van der Waals surface area (Å²) in [5.41, 5.74) is 0. The number of esters is 2. The first-order valence-electron chi connectivity index (χ1n) is 20.4. The summed E-state index contributed by atoms with van der Waals surface area (Å²) in [7, 11) is 0. The molecule has 276 valence electrons. The molecule has 1 N–H and O–H groups in total. The van der Waals surface area contributed by atoms with Crippen LogP contribution in [0.1, 0.15) is 213 Å². The molecule has 0 saturated carbocycles. The largest absolute Gasteiger partial charge is 0.462 e. The second-order valence-electron chi connectivity index (χ2n) is 13.7. The van der Waals surface area contributed by atoms with E-state index in [0.717, 1.165) is 51.4 Å². The molecule has 0 amide bonds. The SMILES string of the molecule is CCCC/C=C\C/C=C\CCCCCCCC(=O)OC[C@H](CO)OC(=O)CCCCCCCCCCCCCCCCCCCCC. The van der Waals surface area contributed by atoms with Crippen LogP contribution in [-0.2, 0) is 19.1 Å². The lowest BCUT2D eigenvalue weighted by molar-refractivity contribution is -0.161. The molecule has 0 radical (unpaired) electrons. The third kappa shape index (κ3) is 37.1. The van der Waals surface area contributed by atoms with E-state index < -0.39 is 6.10 Å². The van der Waals surface area contributed by atoms with Crippen molar-refractivity contribution in [3.63, 3.8) is 0 Å². The quantitative estimate of drug-likeness (QED) is 0.0407. The molecule has 1 atom stereocenters. The first kappa shape index (κ1) is 45.4. The van der Waals surface area contributed by atoms with Crippen LogP contribution in [0.4, 0.5) is 0 Å². The van der Waals surface area contributed by atoms with E-state index in [1.54, 1.807) is 0 Å². The van der Waals surface area contributed by atoms with Crippen molar-refractivity contribution >= 4 is 11.9 Å². The Morgan fingerprint density at radius 3 is 1.32 bits per heavy atom. The van der Waals surface area contributed by atoms with Crippen molar-refractivity contribution in [1.82, 2.24) is 0 Å². The predicted molar refractivity (Wildman–Crippen MR) is 201 cm³/mol. The van der Waals surface area contributed by atoms with Gasteiger partial charge in [-0.1, -0.05) is 186 Å². The zero-order valence-electron chi connectivity index (χ0n) is 31.3. The van der Waals surface area contributed by atoms with Gasteiger partial charge in [-0.25, -0.2) is 0 Å². The van der Waals surface area contributed by atoms with Gasteiger partial charge in [0, 0.05) is 12.8 Å². The predicted octanol–water partition coefficient (Wildman–Crippen LogP) is 12.7. The number of rotatable bonds is 37. The van der Waals surface area contributed by atoms with E-state index in [1.165, 1.54) is 135 Å². The average Bonchev–Trinajstić information content (AvgIpc) is 3.07. The average molecular weight is 663 g/mol. The van der Waals surface area contributed by atoms with Gasteiger partial charge in [0.25, 0.3) is 0 Å².